The molecule has 0 bridgehead atoms. The van der Waals surface area contributed by atoms with Gasteiger partial charge in [0.1, 0.15) is 0 Å². The SMILES string of the molecule is CO[SH](=O)=O.[Zr]. The molecule has 5 heteroatoms. The summed E-state index contributed by atoms with van der Waals surface area (Å²) in [7, 11) is -1.50. The van der Waals surface area contributed by atoms with E-state index in [9.17, 15) is 8.42 Å². The minimum absolute atomic E-state index is 0. The van der Waals surface area contributed by atoms with E-state index in [1.165, 1.54) is 0 Å². The van der Waals surface area contributed by atoms with Crippen LogP contribution < -0.4 is 0 Å². The maximum Gasteiger partial charge on any atom is 0.256 e. The summed E-state index contributed by atoms with van der Waals surface area (Å²) < 4.78 is 22.1. The van der Waals surface area contributed by atoms with Gasteiger partial charge in [-0.2, -0.15) is 0 Å². The van der Waals surface area contributed by atoms with Gasteiger partial charge in [-0.15, -0.1) is 0 Å². The molecule has 3 nitrogen and oxygen atoms in total. The average molecular weight is 187 g/mol. The molecule has 0 aromatic carbocycles. The van der Waals surface area contributed by atoms with Crippen LogP contribution >= 0.6 is 0 Å². The molecule has 0 spiro atoms. The molecule has 0 aromatic heterocycles. The van der Waals surface area contributed by atoms with Crippen molar-refractivity contribution in [1.82, 2.24) is 0 Å². The van der Waals surface area contributed by atoms with E-state index in [2.05, 4.69) is 4.18 Å². The molecule has 0 saturated heterocycles. The van der Waals surface area contributed by atoms with Crippen LogP contribution in [0.2, 0.25) is 0 Å². The van der Waals surface area contributed by atoms with E-state index in [1.54, 1.807) is 0 Å². The van der Waals surface area contributed by atoms with Crippen LogP contribution in [0.25, 0.3) is 0 Å². The van der Waals surface area contributed by atoms with E-state index < -0.39 is 11.0 Å². The third kappa shape index (κ3) is 8.84. The Morgan fingerprint density at radius 3 is 1.67 bits per heavy atom. The molecular weight excluding hydrogens is 183 g/mol. The molecule has 0 N–H and O–H groups in total. The first-order chi connectivity index (χ1) is 2.27. The molecule has 0 aliphatic rings. The first kappa shape index (κ1) is 9.92. The van der Waals surface area contributed by atoms with Gasteiger partial charge in [-0.1, -0.05) is 0 Å². The molecule has 0 amide bonds. The van der Waals surface area contributed by atoms with Gasteiger partial charge in [-0.05, 0) is 0 Å². The summed E-state index contributed by atoms with van der Waals surface area (Å²) in [5.74, 6) is 0. The van der Waals surface area contributed by atoms with E-state index in [1.807, 2.05) is 0 Å². The van der Waals surface area contributed by atoms with Gasteiger partial charge >= 0.3 is 0 Å². The van der Waals surface area contributed by atoms with Gasteiger partial charge in [0, 0.05) is 26.2 Å². The quantitative estimate of drug-likeness (QED) is 0.544. The first-order valence-corrected chi connectivity index (χ1v) is 2.05. The van der Waals surface area contributed by atoms with Crippen LogP contribution in [-0.2, 0) is 41.4 Å². The van der Waals surface area contributed by atoms with Crippen LogP contribution in [0.1, 0.15) is 0 Å². The van der Waals surface area contributed by atoms with Crippen molar-refractivity contribution in [1.29, 1.82) is 0 Å². The zero-order chi connectivity index (χ0) is 4.28. The Morgan fingerprint density at radius 1 is 1.50 bits per heavy atom. The fraction of sp³-hybridized carbons (Fsp3) is 1.00. The molecule has 0 rings (SSSR count). The van der Waals surface area contributed by atoms with Crippen molar-refractivity contribution in [3.05, 3.63) is 0 Å². The fourth-order valence-corrected chi connectivity index (χ4v) is 0. The molecule has 0 unspecified atom stereocenters. The zero-order valence-corrected chi connectivity index (χ0v) is 6.52. The molecule has 0 atom stereocenters. The molecule has 0 fully saturated rings. The van der Waals surface area contributed by atoms with Crippen molar-refractivity contribution in [3.63, 3.8) is 0 Å². The van der Waals surface area contributed by atoms with E-state index in [0.29, 0.717) is 0 Å². The van der Waals surface area contributed by atoms with E-state index in [4.69, 9.17) is 0 Å². The van der Waals surface area contributed by atoms with Crippen molar-refractivity contribution in [3.8, 4) is 0 Å². The Labute approximate surface area is 57.0 Å². The molecule has 36 valence electrons. The Hall–Kier alpha value is 0.793. The number of thiol groups is 1. The second-order valence-corrected chi connectivity index (χ2v) is 1.22. The third-order valence-electron chi connectivity index (χ3n) is 0.149. The maximum atomic E-state index is 9.18. The van der Waals surface area contributed by atoms with Gasteiger partial charge in [0.2, 0.25) is 0 Å². The minimum Gasteiger partial charge on any atom is -0.276 e. The van der Waals surface area contributed by atoms with Gasteiger partial charge in [-0.25, -0.2) is 8.42 Å². The zero-order valence-electron chi connectivity index (χ0n) is 3.17. The summed E-state index contributed by atoms with van der Waals surface area (Å²) in [6.45, 7) is 0. The summed E-state index contributed by atoms with van der Waals surface area (Å²) in [5, 5.41) is 0. The minimum atomic E-state index is -2.60. The average Bonchev–Trinajstić information content (AvgIpc) is 1.38. The Kier molecular flexibility index (Phi) is 9.58. The van der Waals surface area contributed by atoms with Crippen molar-refractivity contribution in [2.45, 2.75) is 0 Å². The van der Waals surface area contributed by atoms with Crippen molar-refractivity contribution < 1.29 is 38.8 Å². The van der Waals surface area contributed by atoms with Gasteiger partial charge in [-0.3, -0.25) is 4.18 Å². The predicted octanol–water partition coefficient (Wildman–Crippen LogP) is -0.843. The van der Waals surface area contributed by atoms with Crippen LogP contribution in [0.5, 0.6) is 0 Å². The summed E-state index contributed by atoms with van der Waals surface area (Å²) in [4.78, 5) is 0. The molecule has 0 aliphatic carbocycles. The van der Waals surface area contributed by atoms with Crippen LogP contribution in [-0.4, -0.2) is 15.5 Å². The first-order valence-electron chi connectivity index (χ1n) is 0.956. The second kappa shape index (κ2) is 5.79. The topological polar surface area (TPSA) is 43.4 Å². The van der Waals surface area contributed by atoms with Gasteiger partial charge in [0.05, 0.1) is 7.11 Å². The summed E-state index contributed by atoms with van der Waals surface area (Å²) in [5.41, 5.74) is 0. The smallest absolute Gasteiger partial charge is 0.256 e. The van der Waals surface area contributed by atoms with Crippen LogP contribution in [0.4, 0.5) is 0 Å². The fourth-order valence-electron chi connectivity index (χ4n) is 0. The molecule has 0 saturated carbocycles. The Morgan fingerprint density at radius 2 is 1.67 bits per heavy atom. The van der Waals surface area contributed by atoms with E-state index in [-0.39, 0.29) is 26.2 Å². The molecule has 0 aliphatic heterocycles. The van der Waals surface area contributed by atoms with Crippen molar-refractivity contribution >= 4 is 11.0 Å². The van der Waals surface area contributed by atoms with Crippen LogP contribution in [0.15, 0.2) is 0 Å². The van der Waals surface area contributed by atoms with Gasteiger partial charge in [0.25, 0.3) is 11.0 Å². The van der Waals surface area contributed by atoms with Crippen molar-refractivity contribution in [2.24, 2.45) is 0 Å². The standard InChI is InChI=1S/CH4O3S.Zr/c1-4-5(2)3;/h5H,1H3;. The summed E-state index contributed by atoms with van der Waals surface area (Å²) in [6, 6.07) is 0. The molecular formula is CH4O3SZr. The molecule has 0 heterocycles. The molecule has 0 radical (unpaired) electrons. The summed E-state index contributed by atoms with van der Waals surface area (Å²) in [6.07, 6.45) is 0. The number of hydrogen-bond acceptors (Lipinski definition) is 3. The Bertz CT molecular complexity index is 68.9. The molecule has 6 heavy (non-hydrogen) atoms. The van der Waals surface area contributed by atoms with E-state index >= 15 is 0 Å². The molecule has 0 aromatic rings. The third-order valence-corrected chi connectivity index (χ3v) is 0.447. The summed E-state index contributed by atoms with van der Waals surface area (Å²) >= 11 is 0. The van der Waals surface area contributed by atoms with Gasteiger partial charge in [0.15, 0.2) is 0 Å². The number of hydrogen-bond donors (Lipinski definition) is 1. The normalized spacial score (nSPS) is 7.67. The maximum absolute atomic E-state index is 9.18. The number of rotatable bonds is 1. The largest absolute Gasteiger partial charge is 0.276 e. The Balaban J connectivity index is 0. The second-order valence-electron chi connectivity index (χ2n) is 0.406. The van der Waals surface area contributed by atoms with E-state index in [0.717, 1.165) is 7.11 Å². The van der Waals surface area contributed by atoms with Crippen LogP contribution in [0, 0.1) is 0 Å². The predicted molar refractivity (Wildman–Crippen MR) is 17.3 cm³/mol. The van der Waals surface area contributed by atoms with Crippen LogP contribution in [0.3, 0.4) is 0 Å². The van der Waals surface area contributed by atoms with Crippen molar-refractivity contribution in [2.75, 3.05) is 7.11 Å². The monoisotopic (exact) mass is 186 g/mol. The van der Waals surface area contributed by atoms with Gasteiger partial charge < -0.3 is 0 Å².